The molecule has 25 heavy (non-hydrogen) atoms. The molecule has 2 aromatic rings. The van der Waals surface area contributed by atoms with Gasteiger partial charge in [-0.25, -0.2) is 0 Å². The Labute approximate surface area is 141 Å². The highest BCUT2D eigenvalue weighted by Crippen LogP contribution is 2.41. The Hall–Kier alpha value is -2.96. The van der Waals surface area contributed by atoms with E-state index >= 15 is 0 Å². The molecule has 2 aromatic carbocycles. The Morgan fingerprint density at radius 2 is 1.60 bits per heavy atom. The number of hydrogen-bond acceptors (Lipinski definition) is 3. The molecule has 7 heteroatoms. The number of carbonyl (C=O) groups excluding carboxylic acids is 1. The summed E-state index contributed by atoms with van der Waals surface area (Å²) in [6, 6.07) is 7.90. The van der Waals surface area contributed by atoms with Crippen molar-refractivity contribution in [3.05, 3.63) is 53.1 Å². The van der Waals surface area contributed by atoms with E-state index in [1.165, 1.54) is 32.4 Å². The van der Waals surface area contributed by atoms with Gasteiger partial charge in [0.2, 0.25) is 0 Å². The summed E-state index contributed by atoms with van der Waals surface area (Å²) in [5, 5.41) is 2.71. The van der Waals surface area contributed by atoms with Crippen LogP contribution in [0, 0.1) is 0 Å². The van der Waals surface area contributed by atoms with Gasteiger partial charge in [-0.1, -0.05) is 12.1 Å². The van der Waals surface area contributed by atoms with Gasteiger partial charge in [-0.15, -0.1) is 0 Å². The van der Waals surface area contributed by atoms with E-state index < -0.39 is 11.7 Å². The fraction of sp³-hybridized carbons (Fsp3) is 0.167. The van der Waals surface area contributed by atoms with Crippen molar-refractivity contribution in [2.24, 2.45) is 0 Å². The average molecular weight is 349 g/mol. The fourth-order valence-corrected chi connectivity index (χ4v) is 2.60. The van der Waals surface area contributed by atoms with Gasteiger partial charge in [0.1, 0.15) is 0 Å². The molecule has 0 saturated carbocycles. The lowest BCUT2D eigenvalue weighted by atomic mass is 10.0. The van der Waals surface area contributed by atoms with Crippen LogP contribution in [0.2, 0.25) is 0 Å². The molecule has 0 aliphatic carbocycles. The highest BCUT2D eigenvalue weighted by Gasteiger charge is 2.30. The molecule has 4 nitrogen and oxygen atoms in total. The Morgan fingerprint density at radius 3 is 2.16 bits per heavy atom. The third kappa shape index (κ3) is 3.17. The van der Waals surface area contributed by atoms with Gasteiger partial charge < -0.3 is 14.8 Å². The molecule has 0 aromatic heterocycles. The van der Waals surface area contributed by atoms with Gasteiger partial charge >= 0.3 is 6.18 Å². The lowest BCUT2D eigenvalue weighted by Gasteiger charge is -2.09. The monoisotopic (exact) mass is 349 g/mol. The normalized spacial score (nSPS) is 15.1. The maximum atomic E-state index is 12.6. The summed E-state index contributed by atoms with van der Waals surface area (Å²) < 4.78 is 48.3. The molecule has 3 rings (SSSR count). The van der Waals surface area contributed by atoms with Crippen molar-refractivity contribution in [3.8, 4) is 11.5 Å². The van der Waals surface area contributed by atoms with E-state index in [0.29, 0.717) is 33.9 Å². The average Bonchev–Trinajstić information content (AvgIpc) is 2.88. The first-order valence-corrected chi connectivity index (χ1v) is 7.30. The lowest BCUT2D eigenvalue weighted by Crippen LogP contribution is -2.04. The van der Waals surface area contributed by atoms with Crippen molar-refractivity contribution >= 4 is 23.2 Å². The van der Waals surface area contributed by atoms with Gasteiger partial charge in [-0.05, 0) is 29.8 Å². The van der Waals surface area contributed by atoms with Crippen molar-refractivity contribution in [2.45, 2.75) is 6.18 Å². The van der Waals surface area contributed by atoms with E-state index in [-0.39, 0.29) is 5.91 Å². The minimum absolute atomic E-state index is 0.342. The predicted octanol–water partition coefficient (Wildman–Crippen LogP) is 4.22. The smallest absolute Gasteiger partial charge is 0.416 e. The van der Waals surface area contributed by atoms with Crippen molar-refractivity contribution in [3.63, 3.8) is 0 Å². The van der Waals surface area contributed by atoms with E-state index in [1.807, 2.05) is 0 Å². The summed E-state index contributed by atoms with van der Waals surface area (Å²) in [5.41, 5.74) is 1.25. The topological polar surface area (TPSA) is 47.6 Å². The zero-order chi connectivity index (χ0) is 18.2. The van der Waals surface area contributed by atoms with E-state index in [1.54, 1.807) is 12.1 Å². The zero-order valence-corrected chi connectivity index (χ0v) is 13.4. The predicted molar refractivity (Wildman–Crippen MR) is 87.5 cm³/mol. The highest BCUT2D eigenvalue weighted by molar-refractivity contribution is 6.35. The molecule has 0 saturated heterocycles. The van der Waals surface area contributed by atoms with E-state index in [4.69, 9.17) is 9.47 Å². The Balaban J connectivity index is 2.02. The quantitative estimate of drug-likeness (QED) is 0.844. The fourth-order valence-electron chi connectivity index (χ4n) is 2.60. The minimum atomic E-state index is -4.40. The third-order valence-corrected chi connectivity index (χ3v) is 3.86. The summed E-state index contributed by atoms with van der Waals surface area (Å²) >= 11 is 0. The van der Waals surface area contributed by atoms with Crippen LogP contribution in [0.5, 0.6) is 11.5 Å². The molecule has 1 amide bonds. The molecule has 0 fully saturated rings. The van der Waals surface area contributed by atoms with Crippen LogP contribution in [0.3, 0.4) is 0 Å². The van der Waals surface area contributed by atoms with E-state index in [2.05, 4.69) is 5.32 Å². The SMILES string of the molecule is COc1cc2c(cc1OC)C(=Cc1ccc(C(F)(F)F)cc1)C(=O)N2. The molecule has 0 bridgehead atoms. The molecular weight excluding hydrogens is 335 g/mol. The first-order valence-electron chi connectivity index (χ1n) is 7.30. The number of halogens is 3. The maximum absolute atomic E-state index is 12.6. The van der Waals surface area contributed by atoms with Gasteiger partial charge in [0.25, 0.3) is 5.91 Å². The molecule has 1 heterocycles. The van der Waals surface area contributed by atoms with Crippen LogP contribution in [0.15, 0.2) is 36.4 Å². The van der Waals surface area contributed by atoms with Gasteiger partial charge in [-0.2, -0.15) is 13.2 Å². The second-order valence-electron chi connectivity index (χ2n) is 5.38. The molecule has 1 aliphatic heterocycles. The number of amides is 1. The standard InChI is InChI=1S/C18H14F3NO3/c1-24-15-8-12-13(17(23)22-14(12)9-16(15)25-2)7-10-3-5-11(6-4-10)18(19,20)21/h3-9H,1-2H3,(H,22,23). The van der Waals surface area contributed by atoms with Crippen molar-refractivity contribution in [1.82, 2.24) is 0 Å². The number of anilines is 1. The van der Waals surface area contributed by atoms with Crippen molar-refractivity contribution in [2.75, 3.05) is 19.5 Å². The largest absolute Gasteiger partial charge is 0.493 e. The summed E-state index contributed by atoms with van der Waals surface area (Å²) in [6.45, 7) is 0. The van der Waals surface area contributed by atoms with E-state index in [9.17, 15) is 18.0 Å². The number of carbonyl (C=O) groups is 1. The Morgan fingerprint density at radius 1 is 1.00 bits per heavy atom. The first kappa shape index (κ1) is 16.9. The number of nitrogens with one attached hydrogen (secondary N) is 1. The van der Waals surface area contributed by atoms with Crippen LogP contribution in [0.25, 0.3) is 11.6 Å². The maximum Gasteiger partial charge on any atom is 0.416 e. The zero-order valence-electron chi connectivity index (χ0n) is 13.4. The van der Waals surface area contributed by atoms with Crippen LogP contribution < -0.4 is 14.8 Å². The molecule has 0 radical (unpaired) electrons. The Bertz CT molecular complexity index is 855. The minimum Gasteiger partial charge on any atom is -0.493 e. The van der Waals surface area contributed by atoms with Crippen LogP contribution >= 0.6 is 0 Å². The third-order valence-electron chi connectivity index (χ3n) is 3.86. The summed E-state index contributed by atoms with van der Waals surface area (Å²) in [6.07, 6.45) is -2.86. The van der Waals surface area contributed by atoms with Gasteiger partial charge in [0, 0.05) is 17.2 Å². The van der Waals surface area contributed by atoms with Crippen molar-refractivity contribution < 1.29 is 27.4 Å². The second kappa shape index (κ2) is 6.16. The summed E-state index contributed by atoms with van der Waals surface area (Å²) in [4.78, 5) is 12.2. The van der Waals surface area contributed by atoms with E-state index in [0.717, 1.165) is 12.1 Å². The van der Waals surface area contributed by atoms with Crippen LogP contribution in [0.1, 0.15) is 16.7 Å². The van der Waals surface area contributed by atoms with Crippen LogP contribution in [-0.2, 0) is 11.0 Å². The molecule has 0 atom stereocenters. The van der Waals surface area contributed by atoms with Gasteiger partial charge in [0.15, 0.2) is 11.5 Å². The lowest BCUT2D eigenvalue weighted by molar-refractivity contribution is -0.137. The summed E-state index contributed by atoms with van der Waals surface area (Å²) in [7, 11) is 2.97. The Kier molecular flexibility index (Phi) is 4.16. The number of ether oxygens (including phenoxy) is 2. The molecule has 0 spiro atoms. The number of fused-ring (bicyclic) bond motifs is 1. The molecule has 1 aliphatic rings. The molecule has 130 valence electrons. The highest BCUT2D eigenvalue weighted by atomic mass is 19.4. The molecule has 1 N–H and O–H groups in total. The molecule has 0 unspecified atom stereocenters. The van der Waals surface area contributed by atoms with Crippen LogP contribution in [-0.4, -0.2) is 20.1 Å². The number of benzene rings is 2. The first-order chi connectivity index (χ1) is 11.8. The second-order valence-corrected chi connectivity index (χ2v) is 5.38. The number of rotatable bonds is 3. The number of alkyl halides is 3. The van der Waals surface area contributed by atoms with Crippen molar-refractivity contribution in [1.29, 1.82) is 0 Å². The van der Waals surface area contributed by atoms with Gasteiger partial charge in [-0.3, -0.25) is 4.79 Å². The van der Waals surface area contributed by atoms with Gasteiger partial charge in [0.05, 0.1) is 25.5 Å². The number of methoxy groups -OCH3 is 2. The summed E-state index contributed by atoms with van der Waals surface area (Å²) in [5.74, 6) is 0.582. The van der Waals surface area contributed by atoms with Crippen LogP contribution in [0.4, 0.5) is 18.9 Å². The molecular formula is C18H14F3NO3. The number of hydrogen-bond donors (Lipinski definition) is 1.